The van der Waals surface area contributed by atoms with E-state index in [0.29, 0.717) is 0 Å². The topological polar surface area (TPSA) is 38.0 Å². The first kappa shape index (κ1) is 16.2. The Labute approximate surface area is 118 Å². The average Bonchev–Trinajstić information content (AvgIpc) is 2.30. The Kier molecular flexibility index (Phi) is 6.53. The van der Waals surface area contributed by atoms with Crippen LogP contribution in [0.15, 0.2) is 24.3 Å². The summed E-state index contributed by atoms with van der Waals surface area (Å²) in [6, 6.07) is 9.05. The second kappa shape index (κ2) is 7.66. The molecule has 108 valence electrons. The van der Waals surface area contributed by atoms with Crippen LogP contribution < -0.4 is 11.1 Å². The highest BCUT2D eigenvalue weighted by Gasteiger charge is 2.14. The molecule has 0 aliphatic rings. The van der Waals surface area contributed by atoms with E-state index in [-0.39, 0.29) is 5.54 Å². The maximum absolute atomic E-state index is 5.61. The molecule has 19 heavy (non-hydrogen) atoms. The van der Waals surface area contributed by atoms with E-state index in [2.05, 4.69) is 57.3 Å². The highest BCUT2D eigenvalue weighted by Crippen LogP contribution is 2.11. The Balaban J connectivity index is 2.38. The Morgan fingerprint density at radius 3 is 2.21 bits per heavy atom. The second-order valence-corrected chi connectivity index (χ2v) is 6.51. The molecule has 0 fully saturated rings. The average molecular weight is 262 g/mol. The van der Waals surface area contributed by atoms with Crippen molar-refractivity contribution in [2.45, 2.75) is 52.5 Å². The van der Waals surface area contributed by atoms with Crippen LogP contribution in [0.5, 0.6) is 0 Å². The summed E-state index contributed by atoms with van der Waals surface area (Å²) >= 11 is 0. The van der Waals surface area contributed by atoms with E-state index in [1.54, 1.807) is 0 Å². The lowest BCUT2D eigenvalue weighted by Crippen LogP contribution is -2.41. The molecule has 0 bridgehead atoms. The van der Waals surface area contributed by atoms with Gasteiger partial charge in [-0.25, -0.2) is 0 Å². The van der Waals surface area contributed by atoms with Crippen LogP contribution in [0.3, 0.4) is 0 Å². The summed E-state index contributed by atoms with van der Waals surface area (Å²) in [5, 5.41) is 3.58. The van der Waals surface area contributed by atoms with Crippen LogP contribution in [0, 0.1) is 5.92 Å². The van der Waals surface area contributed by atoms with E-state index in [0.717, 1.165) is 31.8 Å². The number of benzene rings is 1. The molecule has 0 aliphatic heterocycles. The molecule has 0 saturated heterocycles. The zero-order valence-corrected chi connectivity index (χ0v) is 13.0. The molecule has 1 aromatic rings. The molecule has 0 atom stereocenters. The molecule has 1 rings (SSSR count). The molecule has 3 N–H and O–H groups in total. The smallest absolute Gasteiger partial charge is 0.0137 e. The fourth-order valence-corrected chi connectivity index (χ4v) is 2.31. The summed E-state index contributed by atoms with van der Waals surface area (Å²) in [6.07, 6.45) is 3.26. The van der Waals surface area contributed by atoms with Crippen LogP contribution in [0.25, 0.3) is 0 Å². The highest BCUT2D eigenvalue weighted by molar-refractivity contribution is 5.23. The Hall–Kier alpha value is -0.860. The normalized spacial score (nSPS) is 12.1. The van der Waals surface area contributed by atoms with Gasteiger partial charge in [0.15, 0.2) is 0 Å². The first-order valence-electron chi connectivity index (χ1n) is 7.46. The molecule has 1 aromatic carbocycles. The van der Waals surface area contributed by atoms with Gasteiger partial charge in [-0.05, 0) is 63.2 Å². The Morgan fingerprint density at radius 2 is 1.68 bits per heavy atom. The van der Waals surface area contributed by atoms with Crippen molar-refractivity contribution in [2.75, 3.05) is 13.1 Å². The minimum Gasteiger partial charge on any atom is -0.330 e. The summed E-state index contributed by atoms with van der Waals surface area (Å²) < 4.78 is 0. The van der Waals surface area contributed by atoms with Crippen molar-refractivity contribution in [3.8, 4) is 0 Å². The van der Waals surface area contributed by atoms with Gasteiger partial charge in [0.2, 0.25) is 0 Å². The van der Waals surface area contributed by atoms with Crippen molar-refractivity contribution >= 4 is 0 Å². The van der Waals surface area contributed by atoms with Crippen molar-refractivity contribution in [3.05, 3.63) is 35.4 Å². The first-order chi connectivity index (χ1) is 8.93. The molecule has 0 aromatic heterocycles. The van der Waals surface area contributed by atoms with Crippen LogP contribution in [0.4, 0.5) is 0 Å². The number of hydrogen-bond acceptors (Lipinski definition) is 2. The fourth-order valence-electron chi connectivity index (χ4n) is 2.31. The lowest BCUT2D eigenvalue weighted by atomic mass is 9.99. The third-order valence-electron chi connectivity index (χ3n) is 3.45. The van der Waals surface area contributed by atoms with Gasteiger partial charge in [-0.3, -0.25) is 0 Å². The van der Waals surface area contributed by atoms with Crippen molar-refractivity contribution in [2.24, 2.45) is 11.7 Å². The molecule has 2 nitrogen and oxygen atoms in total. The van der Waals surface area contributed by atoms with Crippen molar-refractivity contribution in [3.63, 3.8) is 0 Å². The summed E-state index contributed by atoms with van der Waals surface area (Å²) in [5.74, 6) is 0.726. The minimum absolute atomic E-state index is 0.145. The second-order valence-electron chi connectivity index (χ2n) is 6.51. The third kappa shape index (κ3) is 6.74. The van der Waals surface area contributed by atoms with Crippen LogP contribution in [-0.4, -0.2) is 18.6 Å². The number of nitrogens with two attached hydrogens (primary N) is 1. The van der Waals surface area contributed by atoms with Gasteiger partial charge in [-0.2, -0.15) is 0 Å². The lowest BCUT2D eigenvalue weighted by Gasteiger charge is -2.25. The number of nitrogens with one attached hydrogen (secondary N) is 1. The van der Waals surface area contributed by atoms with E-state index in [1.165, 1.54) is 17.5 Å². The molecule has 0 radical (unpaired) electrons. The number of hydrogen-bond donors (Lipinski definition) is 2. The molecule has 0 unspecified atom stereocenters. The van der Waals surface area contributed by atoms with E-state index < -0.39 is 0 Å². The van der Waals surface area contributed by atoms with Crippen LogP contribution in [0.1, 0.15) is 45.2 Å². The molecular formula is C17H30N2. The van der Waals surface area contributed by atoms with E-state index >= 15 is 0 Å². The summed E-state index contributed by atoms with van der Waals surface area (Å²) in [7, 11) is 0. The zero-order chi connectivity index (χ0) is 14.3. The zero-order valence-electron chi connectivity index (χ0n) is 13.0. The Morgan fingerprint density at radius 1 is 1.11 bits per heavy atom. The first-order valence-corrected chi connectivity index (χ1v) is 7.46. The lowest BCUT2D eigenvalue weighted by molar-refractivity contribution is 0.370. The van der Waals surface area contributed by atoms with Gasteiger partial charge in [0.1, 0.15) is 0 Å². The van der Waals surface area contributed by atoms with Gasteiger partial charge in [-0.15, -0.1) is 0 Å². The van der Waals surface area contributed by atoms with E-state index in [1.807, 2.05) is 0 Å². The Bertz CT molecular complexity index is 352. The number of rotatable bonds is 8. The molecule has 0 heterocycles. The maximum Gasteiger partial charge on any atom is 0.0137 e. The molecule has 0 spiro atoms. The summed E-state index contributed by atoms with van der Waals surface area (Å²) in [6.45, 7) is 10.7. The van der Waals surface area contributed by atoms with Gasteiger partial charge >= 0.3 is 0 Å². The van der Waals surface area contributed by atoms with Crippen molar-refractivity contribution in [1.82, 2.24) is 5.32 Å². The van der Waals surface area contributed by atoms with Gasteiger partial charge in [-0.1, -0.05) is 38.1 Å². The molecule has 0 aliphatic carbocycles. The molecule has 0 amide bonds. The van der Waals surface area contributed by atoms with Gasteiger partial charge in [0.05, 0.1) is 0 Å². The van der Waals surface area contributed by atoms with Crippen molar-refractivity contribution in [1.29, 1.82) is 0 Å². The summed E-state index contributed by atoms with van der Waals surface area (Å²) in [4.78, 5) is 0. The van der Waals surface area contributed by atoms with Gasteiger partial charge in [0, 0.05) is 5.54 Å². The standard InChI is InChI=1S/C17H30N2/c1-14(2)13-16-7-5-15(6-8-16)9-12-19-17(3,4)10-11-18/h5-8,14,19H,9-13,18H2,1-4H3. The molecule has 2 heteroatoms. The van der Waals surface area contributed by atoms with E-state index in [9.17, 15) is 0 Å². The van der Waals surface area contributed by atoms with E-state index in [4.69, 9.17) is 5.73 Å². The van der Waals surface area contributed by atoms with Gasteiger partial charge < -0.3 is 11.1 Å². The quantitative estimate of drug-likeness (QED) is 0.755. The fraction of sp³-hybridized carbons (Fsp3) is 0.647. The predicted octanol–water partition coefficient (Wildman–Crippen LogP) is 3.14. The molecule has 0 saturated carbocycles. The minimum atomic E-state index is 0.145. The van der Waals surface area contributed by atoms with Gasteiger partial charge in [0.25, 0.3) is 0 Å². The monoisotopic (exact) mass is 262 g/mol. The largest absolute Gasteiger partial charge is 0.330 e. The highest BCUT2D eigenvalue weighted by atomic mass is 14.9. The van der Waals surface area contributed by atoms with Crippen molar-refractivity contribution < 1.29 is 0 Å². The van der Waals surface area contributed by atoms with Crippen LogP contribution >= 0.6 is 0 Å². The third-order valence-corrected chi connectivity index (χ3v) is 3.45. The summed E-state index contributed by atoms with van der Waals surface area (Å²) in [5.41, 5.74) is 8.61. The molecular weight excluding hydrogens is 232 g/mol. The predicted molar refractivity (Wildman–Crippen MR) is 84.4 cm³/mol. The van der Waals surface area contributed by atoms with Crippen LogP contribution in [0.2, 0.25) is 0 Å². The SMILES string of the molecule is CC(C)Cc1ccc(CCNC(C)(C)CCN)cc1. The van der Waals surface area contributed by atoms with Crippen LogP contribution in [-0.2, 0) is 12.8 Å². The maximum atomic E-state index is 5.61.